The van der Waals surface area contributed by atoms with Crippen LogP contribution in [-0.2, 0) is 6.54 Å². The minimum Gasteiger partial charge on any atom is -0.465 e. The fraction of sp³-hybridized carbons (Fsp3) is 0.167. The van der Waals surface area contributed by atoms with Crippen LogP contribution in [0.5, 0.6) is 0 Å². The molecule has 1 aromatic heterocycles. The SMILES string of the molecule is O=C(O)NCc1ccsc1. The van der Waals surface area contributed by atoms with Crippen LogP contribution in [0.25, 0.3) is 0 Å². The van der Waals surface area contributed by atoms with E-state index in [1.165, 1.54) is 0 Å². The summed E-state index contributed by atoms with van der Waals surface area (Å²) in [5, 5.41) is 14.3. The number of amides is 1. The van der Waals surface area contributed by atoms with Crippen molar-refractivity contribution in [2.45, 2.75) is 6.54 Å². The molecule has 0 aromatic carbocycles. The highest BCUT2D eigenvalue weighted by Gasteiger charge is 1.94. The van der Waals surface area contributed by atoms with Crippen LogP contribution in [0, 0.1) is 0 Å². The van der Waals surface area contributed by atoms with Crippen LogP contribution in [0.2, 0.25) is 0 Å². The molecule has 1 aromatic rings. The molecule has 0 radical (unpaired) electrons. The molecule has 0 bridgehead atoms. The van der Waals surface area contributed by atoms with E-state index in [1.54, 1.807) is 11.3 Å². The van der Waals surface area contributed by atoms with Gasteiger partial charge >= 0.3 is 6.09 Å². The van der Waals surface area contributed by atoms with Crippen molar-refractivity contribution in [3.63, 3.8) is 0 Å². The first-order valence-corrected chi connectivity index (χ1v) is 3.71. The second kappa shape index (κ2) is 3.22. The molecule has 0 aliphatic carbocycles. The quantitative estimate of drug-likeness (QED) is 0.683. The third-order valence-electron chi connectivity index (χ3n) is 1.02. The zero-order valence-electron chi connectivity index (χ0n) is 5.20. The summed E-state index contributed by atoms with van der Waals surface area (Å²) >= 11 is 1.56. The fourth-order valence-corrected chi connectivity index (χ4v) is 1.24. The van der Waals surface area contributed by atoms with Crippen molar-refractivity contribution >= 4 is 17.4 Å². The van der Waals surface area contributed by atoms with Crippen molar-refractivity contribution in [2.75, 3.05) is 0 Å². The molecule has 0 aliphatic rings. The number of carbonyl (C=O) groups is 1. The Labute approximate surface area is 62.3 Å². The summed E-state index contributed by atoms with van der Waals surface area (Å²) in [6.45, 7) is 0.402. The van der Waals surface area contributed by atoms with Gasteiger partial charge in [-0.05, 0) is 22.4 Å². The molecule has 10 heavy (non-hydrogen) atoms. The molecule has 4 heteroatoms. The van der Waals surface area contributed by atoms with Gasteiger partial charge in [-0.1, -0.05) is 0 Å². The van der Waals surface area contributed by atoms with Crippen molar-refractivity contribution in [3.05, 3.63) is 22.4 Å². The summed E-state index contributed by atoms with van der Waals surface area (Å²) < 4.78 is 0. The van der Waals surface area contributed by atoms with Crippen LogP contribution >= 0.6 is 11.3 Å². The van der Waals surface area contributed by atoms with Gasteiger partial charge in [-0.25, -0.2) is 4.79 Å². The summed E-state index contributed by atoms with van der Waals surface area (Å²) in [6.07, 6.45) is -0.980. The van der Waals surface area contributed by atoms with Crippen molar-refractivity contribution in [1.82, 2.24) is 5.32 Å². The van der Waals surface area contributed by atoms with E-state index in [9.17, 15) is 4.79 Å². The molecule has 3 nitrogen and oxygen atoms in total. The summed E-state index contributed by atoms with van der Waals surface area (Å²) in [5.41, 5.74) is 1.01. The van der Waals surface area contributed by atoms with Crippen LogP contribution in [0.15, 0.2) is 16.8 Å². The molecular weight excluding hydrogens is 150 g/mol. The lowest BCUT2D eigenvalue weighted by Gasteiger charge is -1.94. The fourth-order valence-electron chi connectivity index (χ4n) is 0.571. The van der Waals surface area contributed by atoms with Crippen LogP contribution in [0.1, 0.15) is 5.56 Å². The van der Waals surface area contributed by atoms with E-state index in [1.807, 2.05) is 16.8 Å². The van der Waals surface area contributed by atoms with E-state index >= 15 is 0 Å². The van der Waals surface area contributed by atoms with Crippen molar-refractivity contribution in [3.8, 4) is 0 Å². The number of carboxylic acid groups (broad SMARTS) is 1. The first-order chi connectivity index (χ1) is 4.79. The Bertz CT molecular complexity index is 208. The maximum Gasteiger partial charge on any atom is 0.404 e. The van der Waals surface area contributed by atoms with Crippen LogP contribution in [0.4, 0.5) is 4.79 Å². The summed E-state index contributed by atoms with van der Waals surface area (Å²) in [4.78, 5) is 9.99. The number of rotatable bonds is 2. The second-order valence-electron chi connectivity index (χ2n) is 1.79. The Morgan fingerprint density at radius 3 is 3.10 bits per heavy atom. The van der Waals surface area contributed by atoms with Gasteiger partial charge in [-0.3, -0.25) is 0 Å². The zero-order chi connectivity index (χ0) is 7.40. The number of hydrogen-bond donors (Lipinski definition) is 2. The van der Waals surface area contributed by atoms with Gasteiger partial charge in [0.05, 0.1) is 0 Å². The third kappa shape index (κ3) is 2.06. The Morgan fingerprint density at radius 1 is 1.80 bits per heavy atom. The summed E-state index contributed by atoms with van der Waals surface area (Å²) in [6, 6.07) is 1.89. The lowest BCUT2D eigenvalue weighted by molar-refractivity contribution is 0.194. The molecule has 1 heterocycles. The predicted molar refractivity (Wildman–Crippen MR) is 39.2 cm³/mol. The predicted octanol–water partition coefficient (Wildman–Crippen LogP) is 1.52. The molecule has 1 rings (SSSR count). The van der Waals surface area contributed by atoms with Gasteiger partial charge < -0.3 is 10.4 Å². The van der Waals surface area contributed by atoms with Crippen molar-refractivity contribution in [2.24, 2.45) is 0 Å². The van der Waals surface area contributed by atoms with E-state index < -0.39 is 6.09 Å². The van der Waals surface area contributed by atoms with Crippen molar-refractivity contribution < 1.29 is 9.90 Å². The number of nitrogens with one attached hydrogen (secondary N) is 1. The van der Waals surface area contributed by atoms with Crippen LogP contribution in [-0.4, -0.2) is 11.2 Å². The molecule has 54 valence electrons. The molecular formula is C6H7NO2S. The Morgan fingerprint density at radius 2 is 2.60 bits per heavy atom. The molecule has 0 unspecified atom stereocenters. The minimum atomic E-state index is -0.980. The highest BCUT2D eigenvalue weighted by molar-refractivity contribution is 7.07. The first kappa shape index (κ1) is 7.08. The number of hydrogen-bond acceptors (Lipinski definition) is 2. The van der Waals surface area contributed by atoms with Gasteiger partial charge in [0.25, 0.3) is 0 Å². The van der Waals surface area contributed by atoms with Gasteiger partial charge in [-0.2, -0.15) is 11.3 Å². The maximum absolute atomic E-state index is 9.99. The molecule has 0 aliphatic heterocycles. The lowest BCUT2D eigenvalue weighted by atomic mass is 10.3. The van der Waals surface area contributed by atoms with Gasteiger partial charge in [0.1, 0.15) is 0 Å². The standard InChI is InChI=1S/C6H7NO2S/c8-6(9)7-3-5-1-2-10-4-5/h1-2,4,7H,3H2,(H,8,9). The largest absolute Gasteiger partial charge is 0.465 e. The Hall–Kier alpha value is -1.03. The van der Waals surface area contributed by atoms with E-state index in [4.69, 9.17) is 5.11 Å². The van der Waals surface area contributed by atoms with Gasteiger partial charge in [0.15, 0.2) is 0 Å². The third-order valence-corrected chi connectivity index (χ3v) is 1.76. The van der Waals surface area contributed by atoms with Crippen LogP contribution in [0.3, 0.4) is 0 Å². The second-order valence-corrected chi connectivity index (χ2v) is 2.57. The molecule has 0 atom stereocenters. The monoisotopic (exact) mass is 157 g/mol. The van der Waals surface area contributed by atoms with E-state index in [-0.39, 0.29) is 0 Å². The summed E-state index contributed by atoms with van der Waals surface area (Å²) in [7, 11) is 0. The van der Waals surface area contributed by atoms with E-state index in [2.05, 4.69) is 5.32 Å². The smallest absolute Gasteiger partial charge is 0.404 e. The molecule has 1 amide bonds. The molecule has 0 fully saturated rings. The van der Waals surface area contributed by atoms with E-state index in [0.29, 0.717) is 6.54 Å². The Balaban J connectivity index is 2.35. The first-order valence-electron chi connectivity index (χ1n) is 2.77. The topological polar surface area (TPSA) is 49.3 Å². The highest BCUT2D eigenvalue weighted by Crippen LogP contribution is 2.04. The molecule has 0 saturated carbocycles. The normalized spacial score (nSPS) is 9.20. The molecule has 2 N–H and O–H groups in total. The van der Waals surface area contributed by atoms with E-state index in [0.717, 1.165) is 5.56 Å². The minimum absolute atomic E-state index is 0.402. The lowest BCUT2D eigenvalue weighted by Crippen LogP contribution is -2.19. The maximum atomic E-state index is 9.99. The molecule has 0 saturated heterocycles. The van der Waals surface area contributed by atoms with Crippen molar-refractivity contribution in [1.29, 1.82) is 0 Å². The molecule has 0 spiro atoms. The average Bonchev–Trinajstić information content (AvgIpc) is 2.34. The van der Waals surface area contributed by atoms with Gasteiger partial charge in [0, 0.05) is 6.54 Å². The highest BCUT2D eigenvalue weighted by atomic mass is 32.1. The zero-order valence-corrected chi connectivity index (χ0v) is 6.02. The Kier molecular flexibility index (Phi) is 2.28. The van der Waals surface area contributed by atoms with Gasteiger partial charge in [-0.15, -0.1) is 0 Å². The van der Waals surface area contributed by atoms with Crippen LogP contribution < -0.4 is 5.32 Å². The summed E-state index contributed by atoms with van der Waals surface area (Å²) in [5.74, 6) is 0. The number of thiophene rings is 1. The van der Waals surface area contributed by atoms with Gasteiger partial charge in [0.2, 0.25) is 0 Å². The average molecular weight is 157 g/mol.